The van der Waals surface area contributed by atoms with E-state index in [1.165, 1.54) is 0 Å². The summed E-state index contributed by atoms with van der Waals surface area (Å²) in [7, 11) is 0. The van der Waals surface area contributed by atoms with Crippen molar-refractivity contribution in [2.24, 2.45) is 11.8 Å². The normalized spacial score (nSPS) is 18.3. The third kappa shape index (κ3) is 2.89. The maximum atomic E-state index is 11.5. The number of hydrogen-bond acceptors (Lipinski definition) is 2. The molecule has 3 nitrogen and oxygen atoms in total. The summed E-state index contributed by atoms with van der Waals surface area (Å²) in [5, 5.41) is 0. The quantitative estimate of drug-likeness (QED) is 0.649. The largest absolute Gasteiger partial charge is 0.444 e. The molecule has 1 aliphatic rings. The lowest BCUT2D eigenvalue weighted by atomic mass is 9.89. The van der Waals surface area contributed by atoms with E-state index in [4.69, 9.17) is 4.74 Å². The molecule has 1 fully saturated rings. The monoisotopic (exact) mass is 199 g/mol. The van der Waals surface area contributed by atoms with Crippen molar-refractivity contribution >= 4 is 6.09 Å². The fourth-order valence-electron chi connectivity index (χ4n) is 1.41. The smallest absolute Gasteiger partial charge is 0.410 e. The minimum absolute atomic E-state index is 0.172. The maximum Gasteiger partial charge on any atom is 0.410 e. The molecule has 0 N–H and O–H groups in total. The number of nitrogens with zero attached hydrogens (tertiary/aromatic N) is 1. The average Bonchev–Trinajstić information content (AvgIpc) is 1.75. The van der Waals surface area contributed by atoms with E-state index in [0.717, 1.165) is 13.1 Å². The Kier molecular flexibility index (Phi) is 3.07. The highest BCUT2D eigenvalue weighted by molar-refractivity contribution is 5.69. The molecule has 82 valence electrons. The van der Waals surface area contributed by atoms with Crippen molar-refractivity contribution in [2.45, 2.75) is 40.2 Å². The highest BCUT2D eigenvalue weighted by Gasteiger charge is 2.34. The molecular weight excluding hydrogens is 178 g/mol. The van der Waals surface area contributed by atoms with Gasteiger partial charge in [0.25, 0.3) is 0 Å². The van der Waals surface area contributed by atoms with E-state index in [9.17, 15) is 4.79 Å². The van der Waals surface area contributed by atoms with Gasteiger partial charge in [-0.2, -0.15) is 0 Å². The molecule has 1 amide bonds. The van der Waals surface area contributed by atoms with Crippen LogP contribution in [0.5, 0.6) is 0 Å². The van der Waals surface area contributed by atoms with E-state index in [1.54, 1.807) is 4.90 Å². The van der Waals surface area contributed by atoms with Crippen LogP contribution < -0.4 is 0 Å². The lowest BCUT2D eigenvalue weighted by Crippen LogP contribution is -2.53. The number of rotatable bonds is 1. The highest BCUT2D eigenvalue weighted by atomic mass is 16.6. The molecule has 0 aliphatic carbocycles. The van der Waals surface area contributed by atoms with Gasteiger partial charge >= 0.3 is 6.09 Å². The minimum Gasteiger partial charge on any atom is -0.444 e. The van der Waals surface area contributed by atoms with Crippen LogP contribution >= 0.6 is 0 Å². The summed E-state index contributed by atoms with van der Waals surface area (Å²) in [5.74, 6) is 1.32. The van der Waals surface area contributed by atoms with Gasteiger partial charge in [0.05, 0.1) is 0 Å². The second kappa shape index (κ2) is 3.79. The Morgan fingerprint density at radius 3 is 2.21 bits per heavy atom. The van der Waals surface area contributed by atoms with Crippen LogP contribution in [0.25, 0.3) is 0 Å². The summed E-state index contributed by atoms with van der Waals surface area (Å²) in [6.45, 7) is 11.8. The molecule has 1 saturated heterocycles. The molecule has 1 aliphatic heterocycles. The molecule has 0 aromatic carbocycles. The molecule has 0 radical (unpaired) electrons. The van der Waals surface area contributed by atoms with Gasteiger partial charge < -0.3 is 9.64 Å². The van der Waals surface area contributed by atoms with Crippen LogP contribution in [0.2, 0.25) is 0 Å². The van der Waals surface area contributed by atoms with Gasteiger partial charge in [-0.25, -0.2) is 4.79 Å². The Balaban J connectivity index is 2.30. The Hall–Kier alpha value is -0.730. The number of ether oxygens (including phenoxy) is 1. The topological polar surface area (TPSA) is 29.5 Å². The number of likely N-dealkylation sites (tertiary alicyclic amines) is 1. The van der Waals surface area contributed by atoms with Crippen LogP contribution in [0.1, 0.15) is 34.6 Å². The number of amides is 1. The first-order chi connectivity index (χ1) is 6.29. The fourth-order valence-corrected chi connectivity index (χ4v) is 1.41. The van der Waals surface area contributed by atoms with Gasteiger partial charge in [-0.3, -0.25) is 0 Å². The summed E-state index contributed by atoms with van der Waals surface area (Å²) in [4.78, 5) is 13.3. The summed E-state index contributed by atoms with van der Waals surface area (Å²) in [6, 6.07) is 0. The van der Waals surface area contributed by atoms with Gasteiger partial charge in [-0.1, -0.05) is 13.8 Å². The molecule has 1 heterocycles. The van der Waals surface area contributed by atoms with E-state index in [0.29, 0.717) is 11.8 Å². The zero-order valence-corrected chi connectivity index (χ0v) is 9.83. The molecule has 0 atom stereocenters. The van der Waals surface area contributed by atoms with Crippen molar-refractivity contribution in [3.05, 3.63) is 0 Å². The minimum atomic E-state index is -0.375. The Morgan fingerprint density at radius 1 is 1.36 bits per heavy atom. The lowest BCUT2D eigenvalue weighted by Gasteiger charge is -2.41. The first kappa shape index (κ1) is 11.3. The van der Waals surface area contributed by atoms with Gasteiger partial charge in [-0.15, -0.1) is 0 Å². The fraction of sp³-hybridized carbons (Fsp3) is 0.909. The molecule has 14 heavy (non-hydrogen) atoms. The lowest BCUT2D eigenvalue weighted by molar-refractivity contribution is -0.00793. The standard InChI is InChI=1S/C11H21NO2/c1-8(2)9-6-12(7-9)10(13)14-11(3,4)5/h8-9H,6-7H2,1-5H3. The van der Waals surface area contributed by atoms with Crippen LogP contribution in [0.4, 0.5) is 4.79 Å². The first-order valence-electron chi connectivity index (χ1n) is 5.27. The SMILES string of the molecule is CC(C)C1CN(C(=O)OC(C)(C)C)C1. The molecule has 0 bridgehead atoms. The van der Waals surface area contributed by atoms with Gasteiger partial charge in [0.15, 0.2) is 0 Å². The summed E-state index contributed by atoms with van der Waals surface area (Å²) >= 11 is 0. The van der Waals surface area contributed by atoms with Crippen LogP contribution in [-0.4, -0.2) is 29.7 Å². The zero-order valence-electron chi connectivity index (χ0n) is 9.83. The molecule has 0 unspecified atom stereocenters. The maximum absolute atomic E-state index is 11.5. The van der Waals surface area contributed by atoms with E-state index < -0.39 is 0 Å². The molecule has 0 spiro atoms. The molecule has 1 rings (SSSR count). The van der Waals surface area contributed by atoms with Crippen LogP contribution in [0, 0.1) is 11.8 Å². The van der Waals surface area contributed by atoms with Gasteiger partial charge in [-0.05, 0) is 32.6 Å². The Labute approximate surface area is 86.4 Å². The molecule has 0 aromatic heterocycles. The number of hydrogen-bond donors (Lipinski definition) is 0. The Morgan fingerprint density at radius 2 is 1.86 bits per heavy atom. The Bertz CT molecular complexity index is 212. The van der Waals surface area contributed by atoms with Crippen molar-refractivity contribution in [3.63, 3.8) is 0 Å². The second-order valence-corrected chi connectivity index (χ2v) is 5.39. The summed E-state index contributed by atoms with van der Waals surface area (Å²) in [6.07, 6.45) is -0.172. The van der Waals surface area contributed by atoms with Crippen LogP contribution in [0.3, 0.4) is 0 Å². The van der Waals surface area contributed by atoms with Crippen LogP contribution in [0.15, 0.2) is 0 Å². The van der Waals surface area contributed by atoms with Crippen molar-refractivity contribution in [1.82, 2.24) is 4.90 Å². The van der Waals surface area contributed by atoms with E-state index >= 15 is 0 Å². The summed E-state index contributed by atoms with van der Waals surface area (Å²) < 4.78 is 5.26. The van der Waals surface area contributed by atoms with Crippen molar-refractivity contribution in [2.75, 3.05) is 13.1 Å². The molecule has 0 saturated carbocycles. The van der Waals surface area contributed by atoms with E-state index in [-0.39, 0.29) is 11.7 Å². The predicted molar refractivity (Wildman–Crippen MR) is 56.1 cm³/mol. The number of carbonyl (C=O) groups excluding carboxylic acids is 1. The number of carbonyl (C=O) groups is 1. The molecule has 0 aromatic rings. The van der Waals surface area contributed by atoms with Crippen LogP contribution in [-0.2, 0) is 4.74 Å². The molecule has 3 heteroatoms. The molecular formula is C11H21NO2. The summed E-state index contributed by atoms with van der Waals surface area (Å²) in [5.41, 5.74) is -0.375. The predicted octanol–water partition coefficient (Wildman–Crippen LogP) is 2.51. The van der Waals surface area contributed by atoms with Crippen molar-refractivity contribution < 1.29 is 9.53 Å². The highest BCUT2D eigenvalue weighted by Crippen LogP contribution is 2.24. The third-order valence-corrected chi connectivity index (χ3v) is 2.50. The van der Waals surface area contributed by atoms with Gasteiger partial charge in [0, 0.05) is 13.1 Å². The zero-order chi connectivity index (χ0) is 10.9. The average molecular weight is 199 g/mol. The van der Waals surface area contributed by atoms with E-state index in [1.807, 2.05) is 20.8 Å². The second-order valence-electron chi connectivity index (χ2n) is 5.39. The first-order valence-corrected chi connectivity index (χ1v) is 5.27. The third-order valence-electron chi connectivity index (χ3n) is 2.50. The van der Waals surface area contributed by atoms with E-state index in [2.05, 4.69) is 13.8 Å². The van der Waals surface area contributed by atoms with Gasteiger partial charge in [0.2, 0.25) is 0 Å². The van der Waals surface area contributed by atoms with Gasteiger partial charge in [0.1, 0.15) is 5.60 Å². The van der Waals surface area contributed by atoms with Crippen molar-refractivity contribution in [1.29, 1.82) is 0 Å². The van der Waals surface area contributed by atoms with Crippen molar-refractivity contribution in [3.8, 4) is 0 Å².